The molecule has 0 aliphatic carbocycles. The Labute approximate surface area is 192 Å². The molecule has 0 saturated carbocycles. The zero-order valence-corrected chi connectivity index (χ0v) is 19.6. The van der Waals surface area contributed by atoms with Crippen LogP contribution in [0.1, 0.15) is 29.8 Å². The molecule has 1 aliphatic rings. The number of hydrogen-bond acceptors (Lipinski definition) is 6. The maximum absolute atomic E-state index is 13.0. The third-order valence-electron chi connectivity index (χ3n) is 4.39. The lowest BCUT2D eigenvalue weighted by Crippen LogP contribution is -2.28. The van der Waals surface area contributed by atoms with E-state index in [9.17, 15) is 14.7 Å². The molecule has 0 aromatic heterocycles. The van der Waals surface area contributed by atoms with E-state index in [4.69, 9.17) is 9.47 Å². The van der Waals surface area contributed by atoms with Crippen LogP contribution in [0.2, 0.25) is 0 Å². The number of carbonyl (C=O) groups excluding carboxylic acids is 1. The van der Waals surface area contributed by atoms with E-state index in [0.717, 1.165) is 10.0 Å². The van der Waals surface area contributed by atoms with E-state index in [-0.39, 0.29) is 11.5 Å². The van der Waals surface area contributed by atoms with Crippen LogP contribution in [0.15, 0.2) is 50.8 Å². The van der Waals surface area contributed by atoms with Crippen molar-refractivity contribution >= 4 is 56.5 Å². The molecule has 1 amide bonds. The highest BCUT2D eigenvalue weighted by Crippen LogP contribution is 2.38. The number of halogens is 1. The molecule has 3 rings (SSSR count). The monoisotopic (exact) mass is 504 g/mol. The largest absolute Gasteiger partial charge is 0.493 e. The second kappa shape index (κ2) is 10.0. The van der Waals surface area contributed by atoms with Crippen LogP contribution >= 0.6 is 27.7 Å². The van der Waals surface area contributed by atoms with E-state index in [0.29, 0.717) is 40.4 Å². The van der Waals surface area contributed by atoms with Crippen molar-refractivity contribution in [2.45, 2.75) is 13.8 Å². The van der Waals surface area contributed by atoms with Crippen LogP contribution in [0.5, 0.6) is 11.5 Å². The Morgan fingerprint density at radius 3 is 2.68 bits per heavy atom. The molecular formula is C22H21BrN2O5S. The van der Waals surface area contributed by atoms with Crippen LogP contribution in [0.25, 0.3) is 6.08 Å². The fraction of sp³-hybridized carbons (Fsp3) is 0.227. The molecule has 0 spiro atoms. The van der Waals surface area contributed by atoms with E-state index in [1.54, 1.807) is 36.3 Å². The first kappa shape index (κ1) is 22.9. The number of aliphatic imine (C=N–C) groups is 1. The van der Waals surface area contributed by atoms with Crippen LogP contribution < -0.4 is 9.47 Å². The average Bonchev–Trinajstić information content (AvgIpc) is 3.04. The Kier molecular flexibility index (Phi) is 7.40. The van der Waals surface area contributed by atoms with Gasteiger partial charge in [0.15, 0.2) is 16.7 Å². The number of carboxylic acid groups (broad SMARTS) is 1. The van der Waals surface area contributed by atoms with Crippen LogP contribution in [-0.2, 0) is 4.79 Å². The first-order valence-corrected chi connectivity index (χ1v) is 11.1. The van der Waals surface area contributed by atoms with Crippen molar-refractivity contribution in [2.75, 3.05) is 20.3 Å². The number of ether oxygens (including phenoxy) is 2. The number of nitrogens with zero attached hydrogens (tertiary/aromatic N) is 2. The first-order chi connectivity index (χ1) is 14.9. The van der Waals surface area contributed by atoms with E-state index in [1.165, 1.54) is 23.9 Å². The van der Waals surface area contributed by atoms with Crippen molar-refractivity contribution in [3.8, 4) is 11.5 Å². The smallest absolute Gasteiger partial charge is 0.335 e. The summed E-state index contributed by atoms with van der Waals surface area (Å²) in [5.74, 6) is -0.0137. The van der Waals surface area contributed by atoms with Gasteiger partial charge >= 0.3 is 5.97 Å². The number of benzene rings is 2. The van der Waals surface area contributed by atoms with Gasteiger partial charge in [-0.2, -0.15) is 0 Å². The molecule has 2 aromatic rings. The SMILES string of the molecule is CCOc1cc(/C=C2\SC(=Nc3cccc(C(=O)O)c3)N(CC)C2=O)c(Br)cc1OC. The number of carboxylic acids is 1. The summed E-state index contributed by atoms with van der Waals surface area (Å²) in [6.07, 6.45) is 1.78. The molecule has 0 bridgehead atoms. The van der Waals surface area contributed by atoms with Gasteiger partial charge in [0.2, 0.25) is 0 Å². The summed E-state index contributed by atoms with van der Waals surface area (Å²) in [4.78, 5) is 30.8. The van der Waals surface area contributed by atoms with E-state index in [1.807, 2.05) is 19.9 Å². The summed E-state index contributed by atoms with van der Waals surface area (Å²) in [6, 6.07) is 9.92. The molecule has 31 heavy (non-hydrogen) atoms. The van der Waals surface area contributed by atoms with Crippen LogP contribution in [-0.4, -0.2) is 47.3 Å². The number of aromatic carboxylic acids is 1. The number of rotatable bonds is 7. The molecule has 1 aliphatic heterocycles. The summed E-state index contributed by atoms with van der Waals surface area (Å²) in [5, 5.41) is 9.69. The Hall–Kier alpha value is -2.78. The zero-order chi connectivity index (χ0) is 22.5. The molecule has 0 atom stereocenters. The summed E-state index contributed by atoms with van der Waals surface area (Å²) >= 11 is 4.76. The summed E-state index contributed by atoms with van der Waals surface area (Å²) in [7, 11) is 1.57. The minimum Gasteiger partial charge on any atom is -0.493 e. The van der Waals surface area contributed by atoms with E-state index in [2.05, 4.69) is 20.9 Å². The molecule has 1 saturated heterocycles. The highest BCUT2D eigenvalue weighted by Gasteiger charge is 2.32. The van der Waals surface area contributed by atoms with Gasteiger partial charge in [-0.15, -0.1) is 0 Å². The fourth-order valence-electron chi connectivity index (χ4n) is 2.92. The maximum Gasteiger partial charge on any atom is 0.335 e. The molecule has 7 nitrogen and oxygen atoms in total. The zero-order valence-electron chi connectivity index (χ0n) is 17.2. The van der Waals surface area contributed by atoms with Gasteiger partial charge in [0.25, 0.3) is 5.91 Å². The van der Waals surface area contributed by atoms with E-state index >= 15 is 0 Å². The maximum atomic E-state index is 13.0. The number of amides is 1. The normalized spacial score (nSPS) is 16.3. The molecule has 1 N–H and O–H groups in total. The van der Waals surface area contributed by atoms with Gasteiger partial charge in [-0.1, -0.05) is 22.0 Å². The predicted octanol–water partition coefficient (Wildman–Crippen LogP) is 5.18. The number of thioether (sulfide) groups is 1. The predicted molar refractivity (Wildman–Crippen MR) is 125 cm³/mol. The molecule has 162 valence electrons. The van der Waals surface area contributed by atoms with Crippen molar-refractivity contribution in [1.29, 1.82) is 0 Å². The van der Waals surface area contributed by atoms with Gasteiger partial charge in [-0.05, 0) is 67.6 Å². The Morgan fingerprint density at radius 1 is 1.26 bits per heavy atom. The van der Waals surface area contributed by atoms with Crippen molar-refractivity contribution in [1.82, 2.24) is 4.90 Å². The molecule has 9 heteroatoms. The highest BCUT2D eigenvalue weighted by atomic mass is 79.9. The lowest BCUT2D eigenvalue weighted by Gasteiger charge is -2.12. The third-order valence-corrected chi connectivity index (χ3v) is 6.08. The summed E-state index contributed by atoms with van der Waals surface area (Å²) < 4.78 is 11.8. The van der Waals surface area contributed by atoms with Gasteiger partial charge in [0.1, 0.15) is 0 Å². The Morgan fingerprint density at radius 2 is 2.03 bits per heavy atom. The van der Waals surface area contributed by atoms with Crippen LogP contribution in [0.3, 0.4) is 0 Å². The second-order valence-electron chi connectivity index (χ2n) is 6.37. The Balaban J connectivity index is 1.98. The Bertz CT molecular complexity index is 1080. The standard InChI is InChI=1S/C22H21BrN2O5S/c1-4-25-20(26)19(11-14-10-18(30-5-2)17(29-3)12-16(14)23)31-22(25)24-15-8-6-7-13(9-15)21(27)28/h6-12H,4-5H2,1-3H3,(H,27,28)/b19-11-,24-22?. The average molecular weight is 505 g/mol. The van der Waals surface area contributed by atoms with Gasteiger partial charge < -0.3 is 14.6 Å². The minimum atomic E-state index is -1.03. The molecule has 0 unspecified atom stereocenters. The lowest BCUT2D eigenvalue weighted by molar-refractivity contribution is -0.122. The minimum absolute atomic E-state index is 0.139. The van der Waals surface area contributed by atoms with Gasteiger partial charge in [-0.25, -0.2) is 9.79 Å². The van der Waals surface area contributed by atoms with Gasteiger partial charge in [0, 0.05) is 11.0 Å². The number of amidine groups is 1. The third kappa shape index (κ3) is 5.11. The molecule has 1 fully saturated rings. The lowest BCUT2D eigenvalue weighted by atomic mass is 10.2. The highest BCUT2D eigenvalue weighted by molar-refractivity contribution is 9.10. The van der Waals surface area contributed by atoms with Gasteiger partial charge in [-0.3, -0.25) is 9.69 Å². The molecule has 0 radical (unpaired) electrons. The second-order valence-corrected chi connectivity index (χ2v) is 8.23. The van der Waals surface area contributed by atoms with E-state index < -0.39 is 5.97 Å². The van der Waals surface area contributed by atoms with Crippen molar-refractivity contribution in [2.24, 2.45) is 4.99 Å². The number of likely N-dealkylation sites (N-methyl/N-ethyl adjacent to an activating group) is 1. The van der Waals surface area contributed by atoms with Crippen molar-refractivity contribution in [3.63, 3.8) is 0 Å². The quantitative estimate of drug-likeness (QED) is 0.522. The number of methoxy groups -OCH3 is 1. The summed E-state index contributed by atoms with van der Waals surface area (Å²) in [6.45, 7) is 4.67. The fourth-order valence-corrected chi connectivity index (χ4v) is 4.41. The van der Waals surface area contributed by atoms with Crippen molar-refractivity contribution in [3.05, 3.63) is 56.9 Å². The van der Waals surface area contributed by atoms with Crippen LogP contribution in [0, 0.1) is 0 Å². The van der Waals surface area contributed by atoms with Gasteiger partial charge in [0.05, 0.1) is 29.9 Å². The molecular weight excluding hydrogens is 484 g/mol. The molecule has 2 aromatic carbocycles. The van der Waals surface area contributed by atoms with Crippen molar-refractivity contribution < 1.29 is 24.2 Å². The topological polar surface area (TPSA) is 88.4 Å². The number of hydrogen-bond donors (Lipinski definition) is 1. The first-order valence-electron chi connectivity index (χ1n) is 9.51. The summed E-state index contributed by atoms with van der Waals surface area (Å²) in [5.41, 5.74) is 1.38. The number of carbonyl (C=O) groups is 2. The molecule has 1 heterocycles. The van der Waals surface area contributed by atoms with Crippen LogP contribution in [0.4, 0.5) is 5.69 Å².